The van der Waals surface area contributed by atoms with Gasteiger partial charge in [-0.05, 0) is 122 Å². The molecule has 4 aromatic carbocycles. The Balaban J connectivity index is 1.22. The fraction of sp³-hybridized carbons (Fsp3) is 0.458. The third-order valence-electron chi connectivity index (χ3n) is 9.80. The molecule has 0 aliphatic carbocycles. The minimum Gasteiger partial charge on any atom is -0.756 e. The van der Waals surface area contributed by atoms with Crippen LogP contribution in [0.4, 0.5) is 22.7 Å². The summed E-state index contributed by atoms with van der Waals surface area (Å²) in [5.41, 5.74) is 7.62. The number of nitrogens with zero attached hydrogens (tertiary/aromatic N) is 5. The molecule has 0 fully saturated rings. The summed E-state index contributed by atoms with van der Waals surface area (Å²) in [7, 11) is 0.991. The number of azo groups is 2. The van der Waals surface area contributed by atoms with Crippen molar-refractivity contribution in [3.05, 3.63) is 119 Å². The first-order valence-electron chi connectivity index (χ1n) is 21.7. The Kier molecular flexibility index (Phi) is 21.3. The van der Waals surface area contributed by atoms with Gasteiger partial charge in [0.25, 0.3) is 7.82 Å². The molecule has 334 valence electrons. The van der Waals surface area contributed by atoms with Gasteiger partial charge in [-0.2, -0.15) is 20.5 Å². The van der Waals surface area contributed by atoms with Gasteiger partial charge in [-0.25, -0.2) is 0 Å². The predicted molar refractivity (Wildman–Crippen MR) is 240 cm³/mol. The number of rotatable bonds is 28. The van der Waals surface area contributed by atoms with Gasteiger partial charge in [0.05, 0.1) is 50.5 Å². The Labute approximate surface area is 367 Å². The van der Waals surface area contributed by atoms with Gasteiger partial charge in [0.15, 0.2) is 6.10 Å². The van der Waals surface area contributed by atoms with E-state index in [1.165, 1.54) is 11.1 Å². The first kappa shape index (κ1) is 49.7. The number of hydrogen-bond donors (Lipinski definition) is 0. The van der Waals surface area contributed by atoms with Gasteiger partial charge < -0.3 is 27.9 Å². The number of esters is 2. The van der Waals surface area contributed by atoms with E-state index in [2.05, 4.69) is 58.6 Å². The van der Waals surface area contributed by atoms with Gasteiger partial charge in [-0.3, -0.25) is 14.2 Å². The van der Waals surface area contributed by atoms with Gasteiger partial charge in [0.1, 0.15) is 19.8 Å². The first-order chi connectivity index (χ1) is 29.8. The highest BCUT2D eigenvalue weighted by molar-refractivity contribution is 7.45. The monoisotopic (exact) mass is 869 g/mol. The van der Waals surface area contributed by atoms with Crippen molar-refractivity contribution < 1.29 is 42.1 Å². The molecule has 62 heavy (non-hydrogen) atoms. The SMILES string of the molecule is CCCCc1ccc(N=Nc2ccc(CCCC(=O)OCC(COP(=O)([O-])OCC[N+](C)(C)C)OC(=O)CCCc3ccc(N=Nc4ccc(CCCC)cc4)cc3)cc2)cc1. The minimum absolute atomic E-state index is 0.0571. The van der Waals surface area contributed by atoms with Crippen molar-refractivity contribution in [1.29, 1.82) is 0 Å². The largest absolute Gasteiger partial charge is 0.756 e. The van der Waals surface area contributed by atoms with Gasteiger partial charge in [0.2, 0.25) is 0 Å². The van der Waals surface area contributed by atoms with Crippen LogP contribution in [0.25, 0.3) is 0 Å². The molecule has 0 saturated heterocycles. The van der Waals surface area contributed by atoms with Crippen molar-refractivity contribution in [3.63, 3.8) is 0 Å². The van der Waals surface area contributed by atoms with E-state index in [9.17, 15) is 19.0 Å². The Morgan fingerprint density at radius 3 is 1.31 bits per heavy atom. The van der Waals surface area contributed by atoms with Crippen molar-refractivity contribution in [2.24, 2.45) is 20.5 Å². The fourth-order valence-corrected chi connectivity index (χ4v) is 6.77. The van der Waals surface area contributed by atoms with Crippen LogP contribution in [0.1, 0.15) is 87.5 Å². The second-order valence-electron chi connectivity index (χ2n) is 16.4. The third kappa shape index (κ3) is 20.8. The van der Waals surface area contributed by atoms with Crippen LogP contribution in [0.3, 0.4) is 0 Å². The molecule has 0 bridgehead atoms. The maximum absolute atomic E-state index is 12.9. The lowest BCUT2D eigenvalue weighted by atomic mass is 10.1. The van der Waals surface area contributed by atoms with Gasteiger partial charge in [0, 0.05) is 12.8 Å². The quantitative estimate of drug-likeness (QED) is 0.0236. The van der Waals surface area contributed by atoms with Crippen molar-refractivity contribution in [3.8, 4) is 0 Å². The van der Waals surface area contributed by atoms with Gasteiger partial charge >= 0.3 is 11.9 Å². The van der Waals surface area contributed by atoms with E-state index in [4.69, 9.17) is 18.5 Å². The van der Waals surface area contributed by atoms with Crippen LogP contribution in [-0.4, -0.2) is 70.0 Å². The van der Waals surface area contributed by atoms with Crippen molar-refractivity contribution in [2.45, 2.75) is 97.0 Å². The number of aryl methyl sites for hydroxylation is 4. The summed E-state index contributed by atoms with van der Waals surface area (Å²) >= 11 is 0. The molecule has 4 aromatic rings. The maximum atomic E-state index is 12.9. The number of phosphoric acid groups is 1. The number of likely N-dealkylation sites (N-methyl/N-ethyl adjacent to an activating group) is 1. The zero-order valence-corrected chi connectivity index (χ0v) is 38.0. The lowest BCUT2D eigenvalue weighted by molar-refractivity contribution is -0.870. The summed E-state index contributed by atoms with van der Waals surface area (Å²) < 4.78 is 34.1. The Hall–Kier alpha value is -4.91. The predicted octanol–water partition coefficient (Wildman–Crippen LogP) is 11.2. The molecule has 0 amide bonds. The fourth-order valence-electron chi connectivity index (χ4n) is 6.04. The van der Waals surface area contributed by atoms with E-state index < -0.39 is 32.5 Å². The minimum atomic E-state index is -4.72. The second kappa shape index (κ2) is 26.5. The number of benzene rings is 4. The van der Waals surface area contributed by atoms with Crippen LogP contribution in [0, 0.1) is 0 Å². The Morgan fingerprint density at radius 2 is 0.935 bits per heavy atom. The Bertz CT molecular complexity index is 2030. The third-order valence-corrected chi connectivity index (χ3v) is 10.8. The molecule has 0 spiro atoms. The number of hydrogen-bond acceptors (Lipinski definition) is 12. The van der Waals surface area contributed by atoms with E-state index in [-0.39, 0.29) is 26.1 Å². The number of phosphoric ester groups is 1. The van der Waals surface area contributed by atoms with Gasteiger partial charge in [-0.15, -0.1) is 0 Å². The van der Waals surface area contributed by atoms with Crippen molar-refractivity contribution in [2.75, 3.05) is 47.5 Å². The normalized spacial score (nSPS) is 13.3. The number of ether oxygens (including phenoxy) is 2. The van der Waals surface area contributed by atoms with Crippen LogP contribution >= 0.6 is 7.82 Å². The van der Waals surface area contributed by atoms with E-state index in [0.29, 0.717) is 42.4 Å². The highest BCUT2D eigenvalue weighted by Crippen LogP contribution is 2.38. The number of carbonyl (C=O) groups is 2. The molecule has 0 N–H and O–H groups in total. The standard InChI is InChI=1S/C48H64N5O8P/c1-6-8-12-38-18-26-42(27-19-38)49-51-44-30-22-40(23-31-44)14-10-16-47(54)58-36-46(37-60-62(56,57)59-35-34-53(3,4)5)61-48(55)17-11-15-41-24-32-45(33-25-41)52-50-43-28-20-39(21-29-43)13-9-7-2/h18-33,46H,6-17,34-37H2,1-5H3. The molecule has 0 radical (unpaired) electrons. The van der Waals surface area contributed by atoms with E-state index in [1.807, 2.05) is 93.9 Å². The average molecular weight is 870 g/mol. The molecular formula is C48H64N5O8P. The summed E-state index contributed by atoms with van der Waals surface area (Å²) in [6, 6.07) is 31.5. The van der Waals surface area contributed by atoms with Crippen LogP contribution in [0.5, 0.6) is 0 Å². The molecule has 0 aliphatic heterocycles. The molecule has 0 saturated carbocycles. The molecule has 0 aromatic heterocycles. The molecule has 4 rings (SSSR count). The van der Waals surface area contributed by atoms with E-state index in [0.717, 1.165) is 66.7 Å². The highest BCUT2D eigenvalue weighted by Gasteiger charge is 2.22. The molecule has 13 nitrogen and oxygen atoms in total. The Morgan fingerprint density at radius 1 is 0.565 bits per heavy atom. The molecular weight excluding hydrogens is 806 g/mol. The molecule has 14 heteroatoms. The van der Waals surface area contributed by atoms with Gasteiger partial charge in [-0.1, -0.05) is 75.2 Å². The second-order valence-corrected chi connectivity index (χ2v) is 17.8. The van der Waals surface area contributed by atoms with Crippen LogP contribution in [-0.2, 0) is 58.4 Å². The number of carbonyl (C=O) groups excluding carboxylic acids is 2. The average Bonchev–Trinajstić information content (AvgIpc) is 3.25. The zero-order chi connectivity index (χ0) is 44.6. The topological polar surface area (TPSA) is 161 Å². The number of unbranched alkanes of at least 4 members (excludes halogenated alkanes) is 2. The molecule has 2 atom stereocenters. The van der Waals surface area contributed by atoms with Crippen LogP contribution in [0.15, 0.2) is 118 Å². The van der Waals surface area contributed by atoms with Crippen molar-refractivity contribution >= 4 is 42.5 Å². The number of quaternary nitrogens is 1. The first-order valence-corrected chi connectivity index (χ1v) is 23.2. The lowest BCUT2D eigenvalue weighted by Crippen LogP contribution is -2.37. The van der Waals surface area contributed by atoms with E-state index in [1.54, 1.807) is 0 Å². The maximum Gasteiger partial charge on any atom is 0.306 e. The summed E-state index contributed by atoms with van der Waals surface area (Å²) in [4.78, 5) is 38.1. The van der Waals surface area contributed by atoms with Crippen LogP contribution in [0.2, 0.25) is 0 Å². The van der Waals surface area contributed by atoms with E-state index >= 15 is 0 Å². The van der Waals surface area contributed by atoms with Crippen LogP contribution < -0.4 is 4.89 Å². The zero-order valence-electron chi connectivity index (χ0n) is 37.1. The van der Waals surface area contributed by atoms with Crippen molar-refractivity contribution in [1.82, 2.24) is 0 Å². The lowest BCUT2D eigenvalue weighted by Gasteiger charge is -2.28. The summed E-state index contributed by atoms with van der Waals surface area (Å²) in [5, 5.41) is 17.4. The smallest absolute Gasteiger partial charge is 0.306 e. The highest BCUT2D eigenvalue weighted by atomic mass is 31.2. The summed E-state index contributed by atoms with van der Waals surface area (Å²) in [6.07, 6.45) is 7.96. The summed E-state index contributed by atoms with van der Waals surface area (Å²) in [5.74, 6) is -1.08. The summed E-state index contributed by atoms with van der Waals surface area (Å²) in [6.45, 7) is 3.77. The molecule has 0 aliphatic rings. The molecule has 2 unspecified atom stereocenters. The molecule has 0 heterocycles.